The molecule has 0 aliphatic heterocycles. The topological polar surface area (TPSA) is 58.6 Å². The summed E-state index contributed by atoms with van der Waals surface area (Å²) >= 11 is 0. The lowest BCUT2D eigenvalue weighted by atomic mass is 10.0. The minimum atomic E-state index is -0.450. The summed E-state index contributed by atoms with van der Waals surface area (Å²) in [5.41, 5.74) is -0.225. The zero-order valence-electron chi connectivity index (χ0n) is 10.9. The van der Waals surface area contributed by atoms with Gasteiger partial charge in [0.25, 0.3) is 0 Å². The van der Waals surface area contributed by atoms with Crippen molar-refractivity contribution in [1.82, 2.24) is 5.32 Å². The number of amides is 1. The normalized spacial score (nSPS) is 11.9. The first-order valence-corrected chi connectivity index (χ1v) is 5.89. The Morgan fingerprint density at radius 3 is 2.56 bits per heavy atom. The summed E-state index contributed by atoms with van der Waals surface area (Å²) in [7, 11) is 0. The zero-order chi connectivity index (χ0) is 12.6. The molecule has 4 heteroatoms. The number of aliphatic hydroxyl groups is 1. The van der Waals surface area contributed by atoms with Crippen LogP contribution in [0.2, 0.25) is 0 Å². The lowest BCUT2D eigenvalue weighted by Crippen LogP contribution is -2.34. The van der Waals surface area contributed by atoms with Crippen molar-refractivity contribution in [3.8, 4) is 0 Å². The van der Waals surface area contributed by atoms with Crippen molar-refractivity contribution in [3.63, 3.8) is 0 Å². The fraction of sp³-hybridized carbons (Fsp3) is 0.917. The van der Waals surface area contributed by atoms with Gasteiger partial charge in [0.1, 0.15) is 6.61 Å². The standard InChI is InChI=1S/C12H25NO3/c1-10(2)5-8-16-12(3,4)6-7-13-11(15)9-14/h10,14H,5-9H2,1-4H3,(H,13,15). The molecule has 0 saturated carbocycles. The van der Waals surface area contributed by atoms with E-state index in [1.807, 2.05) is 13.8 Å². The van der Waals surface area contributed by atoms with Gasteiger partial charge in [0.15, 0.2) is 0 Å². The van der Waals surface area contributed by atoms with Gasteiger partial charge in [-0.25, -0.2) is 0 Å². The average molecular weight is 231 g/mol. The second-order valence-corrected chi connectivity index (χ2v) is 5.05. The molecule has 0 spiro atoms. The molecule has 0 rings (SSSR count). The molecule has 0 atom stereocenters. The zero-order valence-corrected chi connectivity index (χ0v) is 10.9. The van der Waals surface area contributed by atoms with E-state index >= 15 is 0 Å². The van der Waals surface area contributed by atoms with E-state index < -0.39 is 6.61 Å². The van der Waals surface area contributed by atoms with Crippen LogP contribution in [0, 0.1) is 5.92 Å². The number of rotatable bonds is 8. The largest absolute Gasteiger partial charge is 0.387 e. The molecular weight excluding hydrogens is 206 g/mol. The average Bonchev–Trinajstić information content (AvgIpc) is 2.16. The van der Waals surface area contributed by atoms with Gasteiger partial charge in [-0.05, 0) is 32.6 Å². The molecule has 1 amide bonds. The quantitative estimate of drug-likeness (QED) is 0.662. The number of aliphatic hydroxyl groups excluding tert-OH is 1. The molecule has 0 aliphatic rings. The van der Waals surface area contributed by atoms with Gasteiger partial charge >= 0.3 is 0 Å². The summed E-state index contributed by atoms with van der Waals surface area (Å²) in [5.74, 6) is 0.308. The maximum atomic E-state index is 10.8. The van der Waals surface area contributed by atoms with Crippen molar-refractivity contribution in [2.45, 2.75) is 46.1 Å². The van der Waals surface area contributed by atoms with E-state index in [1.54, 1.807) is 0 Å². The molecule has 2 N–H and O–H groups in total. The van der Waals surface area contributed by atoms with Crippen LogP contribution in [0.4, 0.5) is 0 Å². The maximum absolute atomic E-state index is 10.8. The number of carbonyl (C=O) groups is 1. The van der Waals surface area contributed by atoms with Gasteiger partial charge in [-0.15, -0.1) is 0 Å². The lowest BCUT2D eigenvalue weighted by molar-refractivity contribution is -0.124. The molecule has 4 nitrogen and oxygen atoms in total. The highest BCUT2D eigenvalue weighted by Gasteiger charge is 2.18. The van der Waals surface area contributed by atoms with Crippen LogP contribution in [-0.4, -0.2) is 36.4 Å². The van der Waals surface area contributed by atoms with Crippen LogP contribution in [0.5, 0.6) is 0 Å². The monoisotopic (exact) mass is 231 g/mol. The number of ether oxygens (including phenoxy) is 1. The molecule has 0 unspecified atom stereocenters. The maximum Gasteiger partial charge on any atom is 0.245 e. The van der Waals surface area contributed by atoms with Crippen molar-refractivity contribution in [2.75, 3.05) is 19.8 Å². The minimum absolute atomic E-state index is 0.225. The molecule has 0 bridgehead atoms. The molecule has 0 aromatic carbocycles. The summed E-state index contributed by atoms with van der Waals surface area (Å²) in [5, 5.41) is 11.1. The Balaban J connectivity index is 3.65. The third kappa shape index (κ3) is 8.68. The first-order valence-electron chi connectivity index (χ1n) is 5.89. The third-order valence-corrected chi connectivity index (χ3v) is 2.38. The molecule has 0 heterocycles. The summed E-state index contributed by atoms with van der Waals surface area (Å²) in [6.07, 6.45) is 1.79. The van der Waals surface area contributed by atoms with Crippen LogP contribution in [0.1, 0.15) is 40.5 Å². The molecule has 0 aromatic rings. The Bertz CT molecular complexity index is 202. The summed E-state index contributed by atoms with van der Waals surface area (Å²) in [6, 6.07) is 0. The highest BCUT2D eigenvalue weighted by molar-refractivity contribution is 5.76. The Labute approximate surface area is 98.4 Å². The summed E-state index contributed by atoms with van der Waals surface area (Å²) in [4.78, 5) is 10.8. The van der Waals surface area contributed by atoms with Crippen molar-refractivity contribution in [1.29, 1.82) is 0 Å². The third-order valence-electron chi connectivity index (χ3n) is 2.38. The molecule has 96 valence electrons. The fourth-order valence-electron chi connectivity index (χ4n) is 1.20. The van der Waals surface area contributed by atoms with Gasteiger partial charge in [0.05, 0.1) is 5.60 Å². The van der Waals surface area contributed by atoms with Crippen LogP contribution >= 0.6 is 0 Å². The Kier molecular flexibility index (Phi) is 7.34. The van der Waals surface area contributed by atoms with E-state index in [4.69, 9.17) is 9.84 Å². The van der Waals surface area contributed by atoms with Gasteiger partial charge in [-0.1, -0.05) is 13.8 Å². The molecule has 0 aliphatic carbocycles. The van der Waals surface area contributed by atoms with E-state index in [1.165, 1.54) is 0 Å². The molecule has 0 fully saturated rings. The van der Waals surface area contributed by atoms with Gasteiger partial charge < -0.3 is 15.2 Å². The van der Waals surface area contributed by atoms with E-state index in [0.717, 1.165) is 19.4 Å². The number of hydrogen-bond donors (Lipinski definition) is 2. The second kappa shape index (κ2) is 7.63. The molecule has 0 saturated heterocycles. The molecule has 0 radical (unpaired) electrons. The van der Waals surface area contributed by atoms with Crippen LogP contribution in [-0.2, 0) is 9.53 Å². The highest BCUT2D eigenvalue weighted by Crippen LogP contribution is 2.15. The molecular formula is C12H25NO3. The molecule has 16 heavy (non-hydrogen) atoms. The first kappa shape index (κ1) is 15.4. The SMILES string of the molecule is CC(C)CCOC(C)(C)CCNC(=O)CO. The first-order chi connectivity index (χ1) is 7.37. The van der Waals surface area contributed by atoms with E-state index in [9.17, 15) is 4.79 Å². The van der Waals surface area contributed by atoms with Crippen molar-refractivity contribution in [2.24, 2.45) is 5.92 Å². The van der Waals surface area contributed by atoms with Crippen molar-refractivity contribution >= 4 is 5.91 Å². The highest BCUT2D eigenvalue weighted by atomic mass is 16.5. The summed E-state index contributed by atoms with van der Waals surface area (Å²) in [6.45, 7) is 9.19. The van der Waals surface area contributed by atoms with E-state index in [0.29, 0.717) is 12.5 Å². The van der Waals surface area contributed by atoms with Crippen LogP contribution < -0.4 is 5.32 Å². The van der Waals surface area contributed by atoms with Crippen LogP contribution in [0.25, 0.3) is 0 Å². The van der Waals surface area contributed by atoms with Crippen molar-refractivity contribution in [3.05, 3.63) is 0 Å². The Morgan fingerprint density at radius 1 is 1.44 bits per heavy atom. The van der Waals surface area contributed by atoms with Crippen LogP contribution in [0.15, 0.2) is 0 Å². The van der Waals surface area contributed by atoms with Gasteiger partial charge in [0.2, 0.25) is 5.91 Å². The van der Waals surface area contributed by atoms with Gasteiger partial charge in [-0.2, -0.15) is 0 Å². The fourth-order valence-corrected chi connectivity index (χ4v) is 1.20. The minimum Gasteiger partial charge on any atom is -0.387 e. The second-order valence-electron chi connectivity index (χ2n) is 5.05. The lowest BCUT2D eigenvalue weighted by Gasteiger charge is -2.26. The molecule has 0 aromatic heterocycles. The number of hydrogen-bond acceptors (Lipinski definition) is 3. The van der Waals surface area contributed by atoms with Gasteiger partial charge in [0, 0.05) is 13.2 Å². The number of carbonyl (C=O) groups excluding carboxylic acids is 1. The van der Waals surface area contributed by atoms with Gasteiger partial charge in [-0.3, -0.25) is 4.79 Å². The summed E-state index contributed by atoms with van der Waals surface area (Å²) < 4.78 is 5.74. The van der Waals surface area contributed by atoms with E-state index in [2.05, 4.69) is 19.2 Å². The van der Waals surface area contributed by atoms with E-state index in [-0.39, 0.29) is 11.5 Å². The predicted molar refractivity (Wildman–Crippen MR) is 64.2 cm³/mol. The Morgan fingerprint density at radius 2 is 2.06 bits per heavy atom. The predicted octanol–water partition coefficient (Wildman–Crippen LogP) is 1.33. The smallest absolute Gasteiger partial charge is 0.245 e. The van der Waals surface area contributed by atoms with Crippen molar-refractivity contribution < 1.29 is 14.6 Å². The van der Waals surface area contributed by atoms with Crippen LogP contribution in [0.3, 0.4) is 0 Å². The number of nitrogens with one attached hydrogen (secondary N) is 1. The Hall–Kier alpha value is -0.610.